The molecule has 0 radical (unpaired) electrons. The molecule has 0 aliphatic carbocycles. The summed E-state index contributed by atoms with van der Waals surface area (Å²) in [6.45, 7) is 2.48. The minimum Gasteiger partial charge on any atom is -0.326 e. The molecule has 1 atom stereocenters. The third-order valence-electron chi connectivity index (χ3n) is 4.66. The van der Waals surface area contributed by atoms with Gasteiger partial charge in [-0.05, 0) is 48.9 Å². The number of imide groups is 1. The number of nitriles is 1. The summed E-state index contributed by atoms with van der Waals surface area (Å²) in [5, 5.41) is 16.7. The van der Waals surface area contributed by atoms with Gasteiger partial charge in [0.2, 0.25) is 11.8 Å². The summed E-state index contributed by atoms with van der Waals surface area (Å²) in [6.07, 6.45) is 0. The Hall–Kier alpha value is -4.19. The topological polar surface area (TPSA) is 131 Å². The molecule has 0 unspecified atom stereocenters. The Kier molecular flexibility index (Phi) is 5.51. The Morgan fingerprint density at radius 1 is 1.03 bits per heavy atom. The maximum Gasteiger partial charge on any atom is 0.325 e. The van der Waals surface area contributed by atoms with Crippen molar-refractivity contribution in [1.82, 2.24) is 10.2 Å². The number of benzene rings is 2. The van der Waals surface area contributed by atoms with Gasteiger partial charge in [0.25, 0.3) is 5.91 Å². The van der Waals surface area contributed by atoms with E-state index in [1.54, 1.807) is 55.5 Å². The van der Waals surface area contributed by atoms with Crippen LogP contribution in [0.25, 0.3) is 0 Å². The number of urea groups is 1. The molecule has 0 aromatic heterocycles. The molecule has 2 aromatic carbocycles. The molecule has 9 nitrogen and oxygen atoms in total. The van der Waals surface area contributed by atoms with Gasteiger partial charge in [-0.25, -0.2) is 4.79 Å². The number of nitrogens with one attached hydrogen (secondary N) is 3. The number of amides is 5. The van der Waals surface area contributed by atoms with Crippen molar-refractivity contribution < 1.29 is 19.2 Å². The molecule has 3 N–H and O–H groups in total. The van der Waals surface area contributed by atoms with E-state index in [1.807, 2.05) is 6.07 Å². The van der Waals surface area contributed by atoms with Crippen LogP contribution in [0.15, 0.2) is 48.5 Å². The van der Waals surface area contributed by atoms with E-state index in [1.165, 1.54) is 6.92 Å². The fraction of sp³-hybridized carbons (Fsp3) is 0.190. The minimum atomic E-state index is -1.33. The second-order valence-corrected chi connectivity index (χ2v) is 6.94. The molecular formula is C21H19N5O4. The zero-order valence-electron chi connectivity index (χ0n) is 16.4. The van der Waals surface area contributed by atoms with E-state index in [0.29, 0.717) is 22.5 Å². The summed E-state index contributed by atoms with van der Waals surface area (Å²) in [4.78, 5) is 49.5. The van der Waals surface area contributed by atoms with Crippen LogP contribution in [0.5, 0.6) is 0 Å². The Morgan fingerprint density at radius 3 is 2.13 bits per heavy atom. The van der Waals surface area contributed by atoms with Gasteiger partial charge in [0.05, 0.1) is 11.6 Å². The quantitative estimate of drug-likeness (QED) is 0.654. The average molecular weight is 405 g/mol. The van der Waals surface area contributed by atoms with Crippen molar-refractivity contribution in [2.75, 3.05) is 17.2 Å². The van der Waals surface area contributed by atoms with Crippen molar-refractivity contribution in [1.29, 1.82) is 5.26 Å². The van der Waals surface area contributed by atoms with E-state index in [9.17, 15) is 19.2 Å². The van der Waals surface area contributed by atoms with E-state index in [2.05, 4.69) is 16.0 Å². The Labute approximate surface area is 172 Å². The molecule has 9 heteroatoms. The normalized spacial score (nSPS) is 17.8. The van der Waals surface area contributed by atoms with Gasteiger partial charge in [-0.2, -0.15) is 5.26 Å². The first-order chi connectivity index (χ1) is 14.2. The number of carbonyl (C=O) groups is 4. The lowest BCUT2D eigenvalue weighted by molar-refractivity contribution is -0.133. The molecule has 2 aromatic rings. The lowest BCUT2D eigenvalue weighted by Gasteiger charge is -2.22. The standard InChI is InChI=1S/C21H19N5O4/c1-13(27)23-16-7-9-17(10-8-16)24-18(28)12-26-19(29)21(2,25-20(26)30)15-5-3-14(11-22)4-6-15/h3-10H,12H2,1-2H3,(H,23,27)(H,24,28)(H,25,30)/t21-/m1/s1. The molecule has 1 heterocycles. The van der Waals surface area contributed by atoms with Crippen LogP contribution < -0.4 is 16.0 Å². The van der Waals surface area contributed by atoms with E-state index < -0.39 is 29.9 Å². The van der Waals surface area contributed by atoms with Crippen LogP contribution in [0, 0.1) is 11.3 Å². The summed E-state index contributed by atoms with van der Waals surface area (Å²) in [5.41, 5.74) is 0.644. The fourth-order valence-electron chi connectivity index (χ4n) is 3.10. The minimum absolute atomic E-state index is 0.212. The predicted molar refractivity (Wildman–Crippen MR) is 108 cm³/mol. The van der Waals surface area contributed by atoms with Gasteiger partial charge < -0.3 is 16.0 Å². The molecule has 30 heavy (non-hydrogen) atoms. The largest absolute Gasteiger partial charge is 0.326 e. The molecule has 0 saturated carbocycles. The number of anilines is 2. The third-order valence-corrected chi connectivity index (χ3v) is 4.66. The zero-order chi connectivity index (χ0) is 21.9. The SMILES string of the molecule is CC(=O)Nc1ccc(NC(=O)CN2C(=O)N[C@](C)(c3ccc(C#N)cc3)C2=O)cc1. The first-order valence-corrected chi connectivity index (χ1v) is 9.05. The highest BCUT2D eigenvalue weighted by Crippen LogP contribution is 2.29. The first kappa shape index (κ1) is 20.5. The highest BCUT2D eigenvalue weighted by molar-refractivity contribution is 6.10. The highest BCUT2D eigenvalue weighted by atomic mass is 16.2. The molecule has 1 aliphatic heterocycles. The van der Waals surface area contributed by atoms with Crippen LogP contribution in [0.3, 0.4) is 0 Å². The van der Waals surface area contributed by atoms with E-state index in [0.717, 1.165) is 4.90 Å². The molecule has 1 saturated heterocycles. The molecule has 1 fully saturated rings. The van der Waals surface area contributed by atoms with Gasteiger partial charge in [0, 0.05) is 18.3 Å². The lowest BCUT2D eigenvalue weighted by atomic mass is 9.91. The first-order valence-electron chi connectivity index (χ1n) is 9.05. The van der Waals surface area contributed by atoms with Crippen molar-refractivity contribution in [3.63, 3.8) is 0 Å². The van der Waals surface area contributed by atoms with Gasteiger partial charge in [-0.3, -0.25) is 19.3 Å². The Morgan fingerprint density at radius 2 is 1.60 bits per heavy atom. The maximum atomic E-state index is 12.9. The number of hydrogen-bond acceptors (Lipinski definition) is 5. The summed E-state index contributed by atoms with van der Waals surface area (Å²) in [6, 6.07) is 14.0. The van der Waals surface area contributed by atoms with Crippen molar-refractivity contribution in [2.24, 2.45) is 0 Å². The summed E-state index contributed by atoms with van der Waals surface area (Å²) >= 11 is 0. The van der Waals surface area contributed by atoms with E-state index in [-0.39, 0.29) is 5.91 Å². The second kappa shape index (κ2) is 8.05. The number of hydrogen-bond donors (Lipinski definition) is 3. The zero-order valence-corrected chi connectivity index (χ0v) is 16.4. The van der Waals surface area contributed by atoms with Crippen LogP contribution in [-0.2, 0) is 19.9 Å². The second-order valence-electron chi connectivity index (χ2n) is 6.94. The molecule has 3 rings (SSSR count). The lowest BCUT2D eigenvalue weighted by Crippen LogP contribution is -2.42. The van der Waals surface area contributed by atoms with Crippen LogP contribution in [0.4, 0.5) is 16.2 Å². The monoisotopic (exact) mass is 405 g/mol. The van der Waals surface area contributed by atoms with Gasteiger partial charge in [0.15, 0.2) is 0 Å². The van der Waals surface area contributed by atoms with Gasteiger partial charge in [-0.1, -0.05) is 12.1 Å². The van der Waals surface area contributed by atoms with Crippen molar-refractivity contribution in [3.05, 3.63) is 59.7 Å². The number of carbonyl (C=O) groups excluding carboxylic acids is 4. The molecular weight excluding hydrogens is 386 g/mol. The third kappa shape index (κ3) is 4.12. The van der Waals surface area contributed by atoms with Gasteiger partial charge >= 0.3 is 6.03 Å². The van der Waals surface area contributed by atoms with Gasteiger partial charge in [-0.15, -0.1) is 0 Å². The molecule has 152 valence electrons. The molecule has 1 aliphatic rings. The Balaban J connectivity index is 1.68. The van der Waals surface area contributed by atoms with Crippen LogP contribution in [0.1, 0.15) is 25.0 Å². The average Bonchev–Trinajstić information content (AvgIpc) is 2.93. The summed E-state index contributed by atoms with van der Waals surface area (Å²) in [7, 11) is 0. The van der Waals surface area contributed by atoms with Crippen LogP contribution in [-0.4, -0.2) is 35.2 Å². The molecule has 0 spiro atoms. The number of rotatable bonds is 5. The van der Waals surface area contributed by atoms with Crippen molar-refractivity contribution >= 4 is 35.1 Å². The highest BCUT2D eigenvalue weighted by Gasteiger charge is 2.49. The smallest absolute Gasteiger partial charge is 0.325 e. The van der Waals surface area contributed by atoms with Crippen LogP contribution in [0.2, 0.25) is 0 Å². The Bertz CT molecular complexity index is 1060. The van der Waals surface area contributed by atoms with E-state index >= 15 is 0 Å². The van der Waals surface area contributed by atoms with Gasteiger partial charge in [0.1, 0.15) is 12.1 Å². The molecule has 0 bridgehead atoms. The van der Waals surface area contributed by atoms with Crippen molar-refractivity contribution in [3.8, 4) is 6.07 Å². The maximum absolute atomic E-state index is 12.9. The predicted octanol–water partition coefficient (Wildman–Crippen LogP) is 1.92. The summed E-state index contributed by atoms with van der Waals surface area (Å²) < 4.78 is 0. The number of nitrogens with zero attached hydrogens (tertiary/aromatic N) is 2. The molecule has 5 amide bonds. The van der Waals surface area contributed by atoms with E-state index in [4.69, 9.17) is 5.26 Å². The van der Waals surface area contributed by atoms with Crippen LogP contribution >= 0.6 is 0 Å². The fourth-order valence-corrected chi connectivity index (χ4v) is 3.10. The van der Waals surface area contributed by atoms with Crippen molar-refractivity contribution in [2.45, 2.75) is 19.4 Å². The summed E-state index contributed by atoms with van der Waals surface area (Å²) in [5.74, 6) is -1.32.